The summed E-state index contributed by atoms with van der Waals surface area (Å²) in [6, 6.07) is 6.19. The first-order chi connectivity index (χ1) is 8.58. The van der Waals surface area contributed by atoms with Gasteiger partial charge in [0.25, 0.3) is 0 Å². The van der Waals surface area contributed by atoms with Crippen LogP contribution in [0.4, 0.5) is 0 Å². The SMILES string of the molecule is COc1cc(C(C#N)C(C)C)c(OC)cc1SC. The Labute approximate surface area is 113 Å². The molecule has 4 heteroatoms. The lowest BCUT2D eigenvalue weighted by atomic mass is 9.89. The van der Waals surface area contributed by atoms with Crippen LogP contribution in [-0.2, 0) is 0 Å². The van der Waals surface area contributed by atoms with Crippen molar-refractivity contribution < 1.29 is 9.47 Å². The summed E-state index contributed by atoms with van der Waals surface area (Å²) in [6.07, 6.45) is 1.99. The lowest BCUT2D eigenvalue weighted by Gasteiger charge is -2.19. The van der Waals surface area contributed by atoms with Crippen LogP contribution in [0.3, 0.4) is 0 Å². The molecule has 3 nitrogen and oxygen atoms in total. The van der Waals surface area contributed by atoms with E-state index in [1.165, 1.54) is 0 Å². The number of methoxy groups -OCH3 is 2. The molecule has 98 valence electrons. The van der Waals surface area contributed by atoms with Crippen LogP contribution in [-0.4, -0.2) is 20.5 Å². The van der Waals surface area contributed by atoms with Crippen LogP contribution in [0, 0.1) is 17.2 Å². The minimum absolute atomic E-state index is 0.190. The Morgan fingerprint density at radius 3 is 2.17 bits per heavy atom. The van der Waals surface area contributed by atoms with Crippen molar-refractivity contribution in [2.75, 3.05) is 20.5 Å². The summed E-state index contributed by atoms with van der Waals surface area (Å²) in [5, 5.41) is 9.31. The van der Waals surface area contributed by atoms with Crippen LogP contribution in [0.5, 0.6) is 11.5 Å². The minimum Gasteiger partial charge on any atom is -0.496 e. The molecule has 0 saturated heterocycles. The molecule has 0 spiro atoms. The fourth-order valence-electron chi connectivity index (χ4n) is 1.87. The van der Waals surface area contributed by atoms with Crippen LogP contribution >= 0.6 is 11.8 Å². The number of ether oxygens (including phenoxy) is 2. The van der Waals surface area contributed by atoms with E-state index in [0.717, 1.165) is 22.0 Å². The predicted molar refractivity (Wildman–Crippen MR) is 74.5 cm³/mol. The molecule has 0 radical (unpaired) electrons. The molecule has 0 aliphatic carbocycles. The second-order valence-corrected chi connectivity index (χ2v) is 5.15. The summed E-state index contributed by atoms with van der Waals surface area (Å²) < 4.78 is 10.8. The number of rotatable bonds is 5. The van der Waals surface area contributed by atoms with Crippen LogP contribution in [0.15, 0.2) is 17.0 Å². The number of hydrogen-bond acceptors (Lipinski definition) is 4. The highest BCUT2D eigenvalue weighted by Gasteiger charge is 2.21. The summed E-state index contributed by atoms with van der Waals surface area (Å²) in [5.41, 5.74) is 0.893. The van der Waals surface area contributed by atoms with E-state index in [9.17, 15) is 5.26 Å². The molecule has 0 aliphatic heterocycles. The maximum Gasteiger partial charge on any atom is 0.132 e. The third-order valence-electron chi connectivity index (χ3n) is 2.88. The zero-order chi connectivity index (χ0) is 13.7. The molecule has 0 N–H and O–H groups in total. The van der Waals surface area contributed by atoms with Gasteiger partial charge in [-0.25, -0.2) is 0 Å². The first-order valence-electron chi connectivity index (χ1n) is 5.78. The number of nitriles is 1. The largest absolute Gasteiger partial charge is 0.496 e. The molecule has 1 unspecified atom stereocenters. The molecule has 1 aromatic carbocycles. The molecule has 0 heterocycles. The Morgan fingerprint density at radius 1 is 1.17 bits per heavy atom. The third-order valence-corrected chi connectivity index (χ3v) is 3.64. The van der Waals surface area contributed by atoms with E-state index in [0.29, 0.717) is 0 Å². The fourth-order valence-corrected chi connectivity index (χ4v) is 2.44. The van der Waals surface area contributed by atoms with Gasteiger partial charge in [0.05, 0.1) is 31.1 Å². The number of nitrogens with zero attached hydrogens (tertiary/aromatic N) is 1. The van der Waals surface area contributed by atoms with Gasteiger partial charge >= 0.3 is 0 Å². The van der Waals surface area contributed by atoms with Crippen LogP contribution in [0.2, 0.25) is 0 Å². The van der Waals surface area contributed by atoms with Crippen molar-refractivity contribution in [1.82, 2.24) is 0 Å². The van der Waals surface area contributed by atoms with E-state index in [2.05, 4.69) is 6.07 Å². The van der Waals surface area contributed by atoms with E-state index in [-0.39, 0.29) is 11.8 Å². The molecule has 1 rings (SSSR count). The maximum absolute atomic E-state index is 9.31. The molecule has 0 bridgehead atoms. The Morgan fingerprint density at radius 2 is 1.78 bits per heavy atom. The van der Waals surface area contributed by atoms with Crippen molar-refractivity contribution in [3.05, 3.63) is 17.7 Å². The van der Waals surface area contributed by atoms with Crippen molar-refractivity contribution in [3.63, 3.8) is 0 Å². The second-order valence-electron chi connectivity index (χ2n) is 4.30. The van der Waals surface area contributed by atoms with E-state index in [1.54, 1.807) is 26.0 Å². The highest BCUT2D eigenvalue weighted by Crippen LogP contribution is 2.39. The van der Waals surface area contributed by atoms with E-state index in [4.69, 9.17) is 9.47 Å². The highest BCUT2D eigenvalue weighted by atomic mass is 32.2. The van der Waals surface area contributed by atoms with E-state index < -0.39 is 0 Å². The average molecular weight is 265 g/mol. The first-order valence-corrected chi connectivity index (χ1v) is 7.01. The molecule has 1 atom stereocenters. The fraction of sp³-hybridized carbons (Fsp3) is 0.500. The van der Waals surface area contributed by atoms with Gasteiger partial charge in [0.1, 0.15) is 11.5 Å². The molecule has 0 fully saturated rings. The second kappa shape index (κ2) is 6.55. The molecule has 1 aromatic rings. The Balaban J connectivity index is 3.38. The summed E-state index contributed by atoms with van der Waals surface area (Å²) in [5.74, 6) is 1.58. The van der Waals surface area contributed by atoms with Crippen molar-refractivity contribution in [2.45, 2.75) is 24.7 Å². The van der Waals surface area contributed by atoms with Crippen molar-refractivity contribution in [2.24, 2.45) is 5.92 Å². The average Bonchev–Trinajstić information content (AvgIpc) is 2.38. The Bertz CT molecular complexity index is 452. The van der Waals surface area contributed by atoms with Gasteiger partial charge < -0.3 is 9.47 Å². The summed E-state index contributed by atoms with van der Waals surface area (Å²) in [6.45, 7) is 4.06. The van der Waals surface area contributed by atoms with Gasteiger partial charge in [0.2, 0.25) is 0 Å². The molecule has 0 amide bonds. The topological polar surface area (TPSA) is 42.2 Å². The normalized spacial score (nSPS) is 12.1. The Hall–Kier alpha value is -1.34. The quantitative estimate of drug-likeness (QED) is 0.761. The summed E-state index contributed by atoms with van der Waals surface area (Å²) in [4.78, 5) is 1.01. The number of hydrogen-bond donors (Lipinski definition) is 0. The van der Waals surface area contributed by atoms with Gasteiger partial charge in [-0.15, -0.1) is 11.8 Å². The van der Waals surface area contributed by atoms with Gasteiger partial charge in [0, 0.05) is 5.56 Å². The van der Waals surface area contributed by atoms with Crippen LogP contribution in [0.1, 0.15) is 25.3 Å². The smallest absolute Gasteiger partial charge is 0.132 e. The third kappa shape index (κ3) is 2.91. The van der Waals surface area contributed by atoms with Gasteiger partial charge in [-0.1, -0.05) is 13.8 Å². The maximum atomic E-state index is 9.31. The standard InChI is InChI=1S/C14H19NO2S/c1-9(2)11(8-15)10-6-13(17-4)14(18-5)7-12(10)16-3/h6-7,9,11H,1-5H3. The van der Waals surface area contributed by atoms with E-state index >= 15 is 0 Å². The lowest BCUT2D eigenvalue weighted by Crippen LogP contribution is -2.07. The first kappa shape index (κ1) is 14.7. The summed E-state index contributed by atoms with van der Waals surface area (Å²) in [7, 11) is 3.27. The van der Waals surface area contributed by atoms with Crippen LogP contribution in [0.25, 0.3) is 0 Å². The van der Waals surface area contributed by atoms with Crippen molar-refractivity contribution in [3.8, 4) is 17.6 Å². The minimum atomic E-state index is -0.190. The van der Waals surface area contributed by atoms with Crippen LogP contribution < -0.4 is 9.47 Å². The molecule has 18 heavy (non-hydrogen) atoms. The van der Waals surface area contributed by atoms with Gasteiger partial charge in [0.15, 0.2) is 0 Å². The molecular formula is C14H19NO2S. The number of thioether (sulfide) groups is 1. The van der Waals surface area contributed by atoms with Gasteiger partial charge in [-0.3, -0.25) is 0 Å². The number of benzene rings is 1. The monoisotopic (exact) mass is 265 g/mol. The van der Waals surface area contributed by atoms with Gasteiger partial charge in [-0.2, -0.15) is 5.26 Å². The highest BCUT2D eigenvalue weighted by molar-refractivity contribution is 7.98. The predicted octanol–water partition coefficient (Wildman–Crippen LogP) is 3.69. The molecule has 0 aliphatic rings. The van der Waals surface area contributed by atoms with Gasteiger partial charge in [-0.05, 0) is 24.3 Å². The van der Waals surface area contributed by atoms with Crippen molar-refractivity contribution in [1.29, 1.82) is 5.26 Å². The zero-order valence-corrected chi connectivity index (χ0v) is 12.3. The molecular weight excluding hydrogens is 246 g/mol. The molecule has 0 aromatic heterocycles. The zero-order valence-electron chi connectivity index (χ0n) is 11.5. The lowest BCUT2D eigenvalue weighted by molar-refractivity contribution is 0.386. The Kier molecular flexibility index (Phi) is 5.36. The van der Waals surface area contributed by atoms with E-state index in [1.807, 2.05) is 32.2 Å². The van der Waals surface area contributed by atoms with Crippen molar-refractivity contribution >= 4 is 11.8 Å². The summed E-state index contributed by atoms with van der Waals surface area (Å²) >= 11 is 1.60. The molecule has 0 saturated carbocycles.